The summed E-state index contributed by atoms with van der Waals surface area (Å²) in [5.41, 5.74) is 7.35. The van der Waals surface area contributed by atoms with Gasteiger partial charge in [-0.1, -0.05) is 15.9 Å². The molecule has 2 aromatic rings. The second kappa shape index (κ2) is 4.29. The van der Waals surface area contributed by atoms with Crippen LogP contribution in [0.15, 0.2) is 22.7 Å². The average Bonchev–Trinajstić information content (AvgIpc) is 2.57. The van der Waals surface area contributed by atoms with E-state index in [-0.39, 0.29) is 0 Å². The van der Waals surface area contributed by atoms with E-state index >= 15 is 0 Å². The molecule has 0 radical (unpaired) electrons. The van der Waals surface area contributed by atoms with E-state index in [1.807, 2.05) is 18.2 Å². The van der Waals surface area contributed by atoms with Crippen LogP contribution >= 0.6 is 15.9 Å². The Hall–Kier alpha value is -1.69. The molecule has 0 aliphatic rings. The Morgan fingerprint density at radius 1 is 1.41 bits per heavy atom. The number of anilines is 1. The van der Waals surface area contributed by atoms with Crippen LogP contribution in [0.4, 0.5) is 5.82 Å². The Kier molecular flexibility index (Phi) is 2.97. The molecule has 0 saturated carbocycles. The molecule has 5 nitrogen and oxygen atoms in total. The highest BCUT2D eigenvalue weighted by molar-refractivity contribution is 9.10. The zero-order valence-corrected chi connectivity index (χ0v) is 11.2. The zero-order valence-electron chi connectivity index (χ0n) is 9.57. The lowest BCUT2D eigenvalue weighted by Crippen LogP contribution is -2.13. The number of hydrogen-bond donors (Lipinski definition) is 2. The monoisotopic (exact) mass is 296 g/mol. The first kappa shape index (κ1) is 11.8. The molecule has 0 unspecified atom stereocenters. The van der Waals surface area contributed by atoms with Gasteiger partial charge in [-0.15, -0.1) is 0 Å². The third kappa shape index (κ3) is 1.95. The summed E-state index contributed by atoms with van der Waals surface area (Å²) < 4.78 is 7.58. The van der Waals surface area contributed by atoms with Gasteiger partial charge >= 0.3 is 0 Å². The van der Waals surface area contributed by atoms with E-state index in [9.17, 15) is 0 Å². The second-order valence-electron chi connectivity index (χ2n) is 3.61. The maximum atomic E-state index is 5.91. The van der Waals surface area contributed by atoms with Gasteiger partial charge in [-0.3, -0.25) is 0 Å². The third-order valence-corrected chi connectivity index (χ3v) is 3.03. The molecule has 6 heteroatoms. The minimum absolute atomic E-state index is 0.416. The summed E-state index contributed by atoms with van der Waals surface area (Å²) in [6.07, 6.45) is 0. The highest BCUT2D eigenvalue weighted by Crippen LogP contribution is 2.34. The van der Waals surface area contributed by atoms with Gasteiger partial charge in [-0.2, -0.15) is 0 Å². The second-order valence-corrected chi connectivity index (χ2v) is 4.52. The Balaban J connectivity index is 2.67. The fourth-order valence-electron chi connectivity index (χ4n) is 1.62. The summed E-state index contributed by atoms with van der Waals surface area (Å²) in [6.45, 7) is 1.80. The summed E-state index contributed by atoms with van der Waals surface area (Å²) in [5, 5.41) is 0. The number of aryl methyl sites for hydroxylation is 1. The molecule has 90 valence electrons. The van der Waals surface area contributed by atoms with Crippen LogP contribution in [0.25, 0.3) is 11.3 Å². The van der Waals surface area contributed by atoms with Crippen molar-refractivity contribution in [2.24, 2.45) is 0 Å². The van der Waals surface area contributed by atoms with Crippen LogP contribution in [0.1, 0.15) is 5.82 Å². The van der Waals surface area contributed by atoms with E-state index in [0.717, 1.165) is 10.0 Å². The zero-order chi connectivity index (χ0) is 12.6. The van der Waals surface area contributed by atoms with E-state index in [1.54, 1.807) is 14.0 Å². The molecule has 0 bridgehead atoms. The molecule has 0 aliphatic carbocycles. The van der Waals surface area contributed by atoms with Crippen LogP contribution in [0, 0.1) is 6.92 Å². The van der Waals surface area contributed by atoms with Crippen LogP contribution in [-0.4, -0.2) is 16.8 Å². The molecule has 1 aromatic heterocycles. The van der Waals surface area contributed by atoms with Gasteiger partial charge in [0, 0.05) is 10.0 Å². The molecule has 17 heavy (non-hydrogen) atoms. The maximum absolute atomic E-state index is 5.91. The number of nitrogens with two attached hydrogens (primary N) is 2. The van der Waals surface area contributed by atoms with Gasteiger partial charge in [0.2, 0.25) is 0 Å². The summed E-state index contributed by atoms with van der Waals surface area (Å²) in [5.74, 6) is 7.52. The van der Waals surface area contributed by atoms with Crippen LogP contribution in [0.5, 0.6) is 5.75 Å². The van der Waals surface area contributed by atoms with Crippen LogP contribution < -0.4 is 16.3 Å². The van der Waals surface area contributed by atoms with Gasteiger partial charge in [-0.25, -0.2) is 9.66 Å². The molecular weight excluding hydrogens is 284 g/mol. The standard InChI is InChI=1S/C11H13BrN4O/c1-6-15-10(11(13)16(6)14)8-5-7(12)3-4-9(8)17-2/h3-5H,13-14H2,1-2H3. The first-order chi connectivity index (χ1) is 8.04. The predicted molar refractivity (Wildman–Crippen MR) is 71.2 cm³/mol. The van der Waals surface area contributed by atoms with Crippen molar-refractivity contribution in [3.05, 3.63) is 28.5 Å². The lowest BCUT2D eigenvalue weighted by Gasteiger charge is -2.07. The Morgan fingerprint density at radius 2 is 2.12 bits per heavy atom. The summed E-state index contributed by atoms with van der Waals surface area (Å²) >= 11 is 3.41. The quantitative estimate of drug-likeness (QED) is 0.830. The van der Waals surface area contributed by atoms with Gasteiger partial charge < -0.3 is 16.3 Å². The van der Waals surface area contributed by atoms with Gasteiger partial charge in [0.1, 0.15) is 17.3 Å². The number of nitrogen functional groups attached to an aromatic ring is 2. The number of imidazole rings is 1. The third-order valence-electron chi connectivity index (χ3n) is 2.54. The van der Waals surface area contributed by atoms with Crippen LogP contribution in [-0.2, 0) is 0 Å². The minimum Gasteiger partial charge on any atom is -0.496 e. The molecule has 1 aromatic carbocycles. The van der Waals surface area contributed by atoms with Crippen molar-refractivity contribution in [3.63, 3.8) is 0 Å². The van der Waals surface area contributed by atoms with E-state index in [1.165, 1.54) is 4.68 Å². The van der Waals surface area contributed by atoms with Crippen molar-refractivity contribution in [1.82, 2.24) is 9.66 Å². The Morgan fingerprint density at radius 3 is 2.65 bits per heavy atom. The van der Waals surface area contributed by atoms with E-state index in [0.29, 0.717) is 23.1 Å². The summed E-state index contributed by atoms with van der Waals surface area (Å²) in [6, 6.07) is 5.64. The molecule has 4 N–H and O–H groups in total. The fourth-order valence-corrected chi connectivity index (χ4v) is 1.99. The van der Waals surface area contributed by atoms with E-state index < -0.39 is 0 Å². The highest BCUT2D eigenvalue weighted by Gasteiger charge is 2.16. The summed E-state index contributed by atoms with van der Waals surface area (Å²) in [7, 11) is 1.61. The van der Waals surface area contributed by atoms with Crippen molar-refractivity contribution in [2.75, 3.05) is 18.7 Å². The van der Waals surface area contributed by atoms with Crippen LogP contribution in [0.3, 0.4) is 0 Å². The highest BCUT2D eigenvalue weighted by atomic mass is 79.9. The van der Waals surface area contributed by atoms with Gasteiger partial charge in [-0.05, 0) is 25.1 Å². The van der Waals surface area contributed by atoms with Crippen molar-refractivity contribution < 1.29 is 4.74 Å². The number of halogens is 1. The molecule has 0 spiro atoms. The smallest absolute Gasteiger partial charge is 0.150 e. The molecule has 0 atom stereocenters. The number of benzene rings is 1. The van der Waals surface area contributed by atoms with Gasteiger partial charge in [0.25, 0.3) is 0 Å². The maximum Gasteiger partial charge on any atom is 0.150 e. The predicted octanol–water partition coefficient (Wildman–Crippen LogP) is 1.93. The molecule has 1 heterocycles. The first-order valence-corrected chi connectivity index (χ1v) is 5.77. The van der Waals surface area contributed by atoms with Gasteiger partial charge in [0.05, 0.1) is 7.11 Å². The fraction of sp³-hybridized carbons (Fsp3) is 0.182. The van der Waals surface area contributed by atoms with Crippen molar-refractivity contribution >= 4 is 21.7 Å². The molecule has 2 rings (SSSR count). The van der Waals surface area contributed by atoms with E-state index in [4.69, 9.17) is 16.3 Å². The Labute approximate surface area is 107 Å². The average molecular weight is 297 g/mol. The number of aromatic nitrogens is 2. The topological polar surface area (TPSA) is 79.1 Å². The first-order valence-electron chi connectivity index (χ1n) is 4.98. The van der Waals surface area contributed by atoms with Crippen molar-refractivity contribution in [1.29, 1.82) is 0 Å². The lowest BCUT2D eigenvalue weighted by atomic mass is 10.1. The molecule has 0 saturated heterocycles. The number of ether oxygens (including phenoxy) is 1. The van der Waals surface area contributed by atoms with Crippen molar-refractivity contribution in [3.8, 4) is 17.0 Å². The largest absolute Gasteiger partial charge is 0.496 e. The number of methoxy groups -OCH3 is 1. The number of rotatable bonds is 2. The number of hydrogen-bond acceptors (Lipinski definition) is 4. The van der Waals surface area contributed by atoms with Crippen LogP contribution in [0.2, 0.25) is 0 Å². The number of nitrogens with zero attached hydrogens (tertiary/aromatic N) is 2. The molecule has 0 amide bonds. The lowest BCUT2D eigenvalue weighted by molar-refractivity contribution is 0.416. The molecule has 0 aliphatic heterocycles. The molecular formula is C11H13BrN4O. The van der Waals surface area contributed by atoms with Crippen molar-refractivity contribution in [2.45, 2.75) is 6.92 Å². The SMILES string of the molecule is COc1ccc(Br)cc1-c1nc(C)n(N)c1N. The van der Waals surface area contributed by atoms with E-state index in [2.05, 4.69) is 20.9 Å². The normalized spacial score (nSPS) is 10.5. The summed E-state index contributed by atoms with van der Waals surface area (Å²) in [4.78, 5) is 4.34. The Bertz CT molecular complexity index is 565. The van der Waals surface area contributed by atoms with Gasteiger partial charge in [0.15, 0.2) is 5.82 Å². The molecule has 0 fully saturated rings. The minimum atomic E-state index is 0.416.